The minimum atomic E-state index is -0.738. The number of fused-ring (bicyclic) bond motifs is 1. The number of hydrogen-bond acceptors (Lipinski definition) is 5. The molecule has 6 nitrogen and oxygen atoms in total. The molecule has 0 aromatic carbocycles. The van der Waals surface area contributed by atoms with Crippen molar-refractivity contribution in [3.05, 3.63) is 26.0 Å². The van der Waals surface area contributed by atoms with Gasteiger partial charge in [-0.05, 0) is 18.5 Å². The summed E-state index contributed by atoms with van der Waals surface area (Å²) in [5.41, 5.74) is 1.02. The van der Waals surface area contributed by atoms with E-state index in [1.54, 1.807) is 0 Å². The summed E-state index contributed by atoms with van der Waals surface area (Å²) in [6.45, 7) is 1.91. The lowest BCUT2D eigenvalue weighted by Crippen LogP contribution is -2.01. The van der Waals surface area contributed by atoms with Crippen LogP contribution in [0.3, 0.4) is 0 Å². The van der Waals surface area contributed by atoms with Gasteiger partial charge in [-0.1, -0.05) is 0 Å². The Balaban J connectivity index is 2.69. The Morgan fingerprint density at radius 3 is 3.15 bits per heavy atom. The van der Waals surface area contributed by atoms with Crippen LogP contribution in [0.15, 0.2) is 10.5 Å². The summed E-state index contributed by atoms with van der Waals surface area (Å²) < 4.78 is 1.81. The lowest BCUT2D eigenvalue weighted by atomic mass is 10.6. The van der Waals surface area contributed by atoms with Crippen molar-refractivity contribution >= 4 is 27.8 Å². The van der Waals surface area contributed by atoms with E-state index in [1.165, 1.54) is 22.9 Å². The molecule has 2 heterocycles. The number of hydrogen-bond donors (Lipinski definition) is 0. The quantitative estimate of drug-likeness (QED) is 0.524. The Labute approximate surface area is 80.1 Å². The van der Waals surface area contributed by atoms with Crippen molar-refractivity contribution in [2.75, 3.05) is 0 Å². The van der Waals surface area contributed by atoms with Gasteiger partial charge in [0.05, 0.1) is 5.10 Å². The predicted octanol–water partition coefficient (Wildman–Crippen LogP) is 0.858. The summed E-state index contributed by atoms with van der Waals surface area (Å²) >= 11 is 2.61. The third-order valence-electron chi connectivity index (χ3n) is 1.36. The smallest absolute Gasteiger partial charge is 0.241 e. The highest BCUT2D eigenvalue weighted by Crippen LogP contribution is 2.13. The first-order chi connectivity index (χ1) is 6.16. The SMILES string of the molecule is Cc1csc2nc(=N[N+](=O)[O-])sn12. The fraction of sp³-hybridized carbons (Fsp3) is 0.200. The third kappa shape index (κ3) is 1.45. The van der Waals surface area contributed by atoms with Gasteiger partial charge in [-0.15, -0.1) is 11.3 Å². The highest BCUT2D eigenvalue weighted by Gasteiger charge is 2.04. The molecule has 0 spiro atoms. The molecule has 0 aliphatic carbocycles. The highest BCUT2D eigenvalue weighted by atomic mass is 32.1. The number of thiazole rings is 1. The second kappa shape index (κ2) is 2.89. The highest BCUT2D eigenvalue weighted by molar-refractivity contribution is 7.17. The van der Waals surface area contributed by atoms with E-state index < -0.39 is 5.03 Å². The van der Waals surface area contributed by atoms with Crippen LogP contribution in [0.2, 0.25) is 0 Å². The van der Waals surface area contributed by atoms with Crippen molar-refractivity contribution in [3.63, 3.8) is 0 Å². The van der Waals surface area contributed by atoms with Crippen LogP contribution in [0.1, 0.15) is 5.69 Å². The van der Waals surface area contributed by atoms with Crippen molar-refractivity contribution in [1.29, 1.82) is 0 Å². The molecule has 0 unspecified atom stereocenters. The molecular weight excluding hydrogens is 212 g/mol. The molecule has 0 atom stereocenters. The standard InChI is InChI=1S/C5H4N4O2S2/c1-3-2-12-5-6-4(7-9(10)11)13-8(3)5/h2H,1H3. The average molecular weight is 216 g/mol. The Kier molecular flexibility index (Phi) is 1.85. The zero-order chi connectivity index (χ0) is 9.42. The first kappa shape index (κ1) is 8.32. The molecule has 0 amide bonds. The fourth-order valence-electron chi connectivity index (χ4n) is 0.862. The van der Waals surface area contributed by atoms with Crippen molar-refractivity contribution in [3.8, 4) is 0 Å². The van der Waals surface area contributed by atoms with Crippen LogP contribution in [0.5, 0.6) is 0 Å². The van der Waals surface area contributed by atoms with E-state index in [-0.39, 0.29) is 4.80 Å². The zero-order valence-electron chi connectivity index (χ0n) is 6.50. The van der Waals surface area contributed by atoms with Crippen LogP contribution in [0.25, 0.3) is 4.96 Å². The van der Waals surface area contributed by atoms with Crippen molar-refractivity contribution in [2.45, 2.75) is 6.92 Å². The maximum Gasteiger partial charge on any atom is 0.300 e. The molecule has 13 heavy (non-hydrogen) atoms. The lowest BCUT2D eigenvalue weighted by molar-refractivity contribution is -0.490. The molecule has 2 aromatic heterocycles. The summed E-state index contributed by atoms with van der Waals surface area (Å²) in [6, 6.07) is 0. The molecule has 0 N–H and O–H groups in total. The Morgan fingerprint density at radius 2 is 2.54 bits per heavy atom. The number of aromatic nitrogens is 2. The summed E-state index contributed by atoms with van der Waals surface area (Å²) in [4.78, 5) is 14.9. The zero-order valence-corrected chi connectivity index (χ0v) is 8.13. The second-order valence-corrected chi connectivity index (χ2v) is 4.03. The average Bonchev–Trinajstić information content (AvgIpc) is 2.53. The summed E-state index contributed by atoms with van der Waals surface area (Å²) in [5, 5.41) is 14.4. The van der Waals surface area contributed by atoms with Gasteiger partial charge in [0, 0.05) is 11.1 Å². The molecule has 2 aromatic rings. The molecule has 0 fully saturated rings. The maximum absolute atomic E-state index is 10.1. The van der Waals surface area contributed by atoms with Gasteiger partial charge in [-0.3, -0.25) is 0 Å². The van der Waals surface area contributed by atoms with E-state index in [4.69, 9.17) is 0 Å². The summed E-state index contributed by atoms with van der Waals surface area (Å²) in [5.74, 6) is 0. The third-order valence-corrected chi connectivity index (χ3v) is 3.40. The van der Waals surface area contributed by atoms with Crippen molar-refractivity contribution < 1.29 is 5.03 Å². The van der Waals surface area contributed by atoms with Crippen LogP contribution in [-0.2, 0) is 0 Å². The first-order valence-electron chi connectivity index (χ1n) is 3.30. The van der Waals surface area contributed by atoms with E-state index in [1.807, 2.05) is 16.1 Å². The molecule has 0 radical (unpaired) electrons. The Morgan fingerprint density at radius 1 is 1.77 bits per heavy atom. The largest absolute Gasteiger partial charge is 0.300 e. The summed E-state index contributed by atoms with van der Waals surface area (Å²) in [6.07, 6.45) is 0. The number of nitrogens with zero attached hydrogens (tertiary/aromatic N) is 4. The topological polar surface area (TPSA) is 72.8 Å². The molecule has 0 aliphatic rings. The monoisotopic (exact) mass is 216 g/mol. The predicted molar refractivity (Wildman–Crippen MR) is 48.2 cm³/mol. The van der Waals surface area contributed by atoms with Gasteiger partial charge in [-0.2, -0.15) is 4.98 Å². The fourth-order valence-corrected chi connectivity index (χ4v) is 2.70. The van der Waals surface area contributed by atoms with Gasteiger partial charge >= 0.3 is 4.80 Å². The summed E-state index contributed by atoms with van der Waals surface area (Å²) in [7, 11) is 0. The van der Waals surface area contributed by atoms with Gasteiger partial charge in [0.15, 0.2) is 5.03 Å². The van der Waals surface area contributed by atoms with Gasteiger partial charge in [-0.25, -0.2) is 13.9 Å². The second-order valence-electron chi connectivity index (χ2n) is 2.28. The van der Waals surface area contributed by atoms with E-state index in [2.05, 4.69) is 10.1 Å². The molecule has 8 heteroatoms. The van der Waals surface area contributed by atoms with Crippen LogP contribution in [-0.4, -0.2) is 13.8 Å². The minimum Gasteiger partial charge on any atom is -0.241 e. The normalized spacial score (nSPS) is 12.5. The Hall–Kier alpha value is -1.28. The molecule has 2 rings (SSSR count). The Bertz CT molecular complexity index is 522. The molecule has 68 valence electrons. The van der Waals surface area contributed by atoms with E-state index in [0.29, 0.717) is 0 Å². The molecule has 0 bridgehead atoms. The van der Waals surface area contributed by atoms with Gasteiger partial charge in [0.2, 0.25) is 4.96 Å². The molecular formula is C5H4N4O2S2. The van der Waals surface area contributed by atoms with Crippen LogP contribution >= 0.6 is 22.9 Å². The molecule has 0 saturated carbocycles. The molecule has 0 saturated heterocycles. The maximum atomic E-state index is 10.1. The van der Waals surface area contributed by atoms with Crippen molar-refractivity contribution in [2.24, 2.45) is 5.10 Å². The molecule has 0 aliphatic heterocycles. The lowest BCUT2D eigenvalue weighted by Gasteiger charge is -1.80. The van der Waals surface area contributed by atoms with E-state index in [9.17, 15) is 10.1 Å². The van der Waals surface area contributed by atoms with Crippen LogP contribution in [0, 0.1) is 17.0 Å². The van der Waals surface area contributed by atoms with Gasteiger partial charge in [0.1, 0.15) is 0 Å². The minimum absolute atomic E-state index is 0.181. The van der Waals surface area contributed by atoms with Gasteiger partial charge in [0.25, 0.3) is 0 Å². The van der Waals surface area contributed by atoms with Crippen LogP contribution < -0.4 is 4.80 Å². The van der Waals surface area contributed by atoms with E-state index >= 15 is 0 Å². The first-order valence-corrected chi connectivity index (χ1v) is 4.95. The number of nitro groups is 1. The van der Waals surface area contributed by atoms with Gasteiger partial charge < -0.3 is 0 Å². The van der Waals surface area contributed by atoms with Crippen LogP contribution in [0.4, 0.5) is 0 Å². The van der Waals surface area contributed by atoms with Crippen molar-refractivity contribution in [1.82, 2.24) is 8.77 Å². The number of rotatable bonds is 1. The number of aryl methyl sites for hydroxylation is 1. The van der Waals surface area contributed by atoms with E-state index in [0.717, 1.165) is 10.7 Å².